The molecule has 0 saturated carbocycles. The van der Waals surface area contributed by atoms with E-state index in [0.29, 0.717) is 6.54 Å². The number of rotatable bonds is 7. The van der Waals surface area contributed by atoms with Crippen molar-refractivity contribution in [3.8, 4) is 0 Å². The van der Waals surface area contributed by atoms with Crippen LogP contribution in [0, 0.1) is 0 Å². The van der Waals surface area contributed by atoms with Crippen molar-refractivity contribution in [2.75, 3.05) is 26.0 Å². The zero-order valence-electron chi connectivity index (χ0n) is 8.19. The Hall–Kier alpha value is 0.0300. The van der Waals surface area contributed by atoms with Gasteiger partial charge in [-0.3, -0.25) is 4.21 Å². The van der Waals surface area contributed by atoms with Gasteiger partial charge in [0.2, 0.25) is 0 Å². The lowest BCUT2D eigenvalue weighted by Gasteiger charge is -2.11. The second kappa shape index (κ2) is 7.44. The Morgan fingerprint density at radius 1 is 1.54 bits per heavy atom. The quantitative estimate of drug-likeness (QED) is 0.475. The van der Waals surface area contributed by atoms with E-state index in [1.165, 1.54) is 0 Å². The molecule has 80 valence electrons. The fourth-order valence-corrected chi connectivity index (χ4v) is 1.25. The highest BCUT2D eigenvalue weighted by molar-refractivity contribution is 7.84. The molecule has 0 rings (SSSR count). The summed E-state index contributed by atoms with van der Waals surface area (Å²) < 4.78 is 10.9. The Bertz CT molecular complexity index is 154. The summed E-state index contributed by atoms with van der Waals surface area (Å²) in [4.78, 5) is 0. The van der Waals surface area contributed by atoms with Crippen molar-refractivity contribution >= 4 is 10.8 Å². The lowest BCUT2D eigenvalue weighted by atomic mass is 10.3. The minimum Gasteiger partial charge on any atom is -0.394 e. The van der Waals surface area contributed by atoms with Crippen molar-refractivity contribution in [3.63, 3.8) is 0 Å². The summed E-state index contributed by atoms with van der Waals surface area (Å²) in [5.74, 6) is 0. The van der Waals surface area contributed by atoms with Gasteiger partial charge in [-0.25, -0.2) is 0 Å². The minimum absolute atomic E-state index is 0.179. The molecular formula is C8H19NO3S. The average Bonchev–Trinajstić information content (AvgIpc) is 2.11. The lowest BCUT2D eigenvalue weighted by Crippen LogP contribution is -2.31. The van der Waals surface area contributed by atoms with Crippen LogP contribution in [0.1, 0.15) is 13.3 Å². The van der Waals surface area contributed by atoms with Gasteiger partial charge in [0.15, 0.2) is 0 Å². The lowest BCUT2D eigenvalue weighted by molar-refractivity contribution is 0.0946. The molecular weight excluding hydrogens is 190 g/mol. The fraction of sp³-hybridized carbons (Fsp3) is 1.00. The van der Waals surface area contributed by atoms with Gasteiger partial charge in [0.1, 0.15) is 0 Å². The molecule has 0 spiro atoms. The smallest absolute Gasteiger partial charge is 0.0894 e. The van der Waals surface area contributed by atoms with E-state index in [4.69, 9.17) is 10.2 Å². The second-order valence-electron chi connectivity index (χ2n) is 3.14. The highest BCUT2D eigenvalue weighted by Gasteiger charge is 2.05. The van der Waals surface area contributed by atoms with Gasteiger partial charge in [-0.2, -0.15) is 0 Å². The highest BCUT2D eigenvalue weighted by Crippen LogP contribution is 1.96. The molecule has 3 atom stereocenters. The van der Waals surface area contributed by atoms with Crippen LogP contribution >= 0.6 is 0 Å². The van der Waals surface area contributed by atoms with Crippen LogP contribution < -0.4 is 5.32 Å². The average molecular weight is 209 g/mol. The van der Waals surface area contributed by atoms with E-state index in [0.717, 1.165) is 13.0 Å². The van der Waals surface area contributed by atoms with E-state index in [2.05, 4.69) is 5.32 Å². The molecule has 0 fully saturated rings. The van der Waals surface area contributed by atoms with Crippen molar-refractivity contribution in [3.05, 3.63) is 0 Å². The molecule has 13 heavy (non-hydrogen) atoms. The van der Waals surface area contributed by atoms with Crippen LogP contribution in [0.3, 0.4) is 0 Å². The molecule has 5 heteroatoms. The molecule has 0 aromatic carbocycles. The summed E-state index contributed by atoms with van der Waals surface area (Å²) in [6.45, 7) is 2.82. The Morgan fingerprint density at radius 2 is 2.15 bits per heavy atom. The van der Waals surface area contributed by atoms with E-state index in [1.54, 1.807) is 6.26 Å². The van der Waals surface area contributed by atoms with Gasteiger partial charge < -0.3 is 15.5 Å². The maximum absolute atomic E-state index is 10.9. The third-order valence-electron chi connectivity index (χ3n) is 1.88. The van der Waals surface area contributed by atoms with Crippen molar-refractivity contribution < 1.29 is 14.4 Å². The second-order valence-corrected chi connectivity index (χ2v) is 4.94. The van der Waals surface area contributed by atoms with Crippen molar-refractivity contribution in [1.29, 1.82) is 0 Å². The molecule has 2 unspecified atom stereocenters. The van der Waals surface area contributed by atoms with Gasteiger partial charge in [0, 0.05) is 28.9 Å². The Morgan fingerprint density at radius 3 is 2.62 bits per heavy atom. The van der Waals surface area contributed by atoms with Crippen LogP contribution in [0.4, 0.5) is 0 Å². The summed E-state index contributed by atoms with van der Waals surface area (Å²) in [5.41, 5.74) is 0. The van der Waals surface area contributed by atoms with Gasteiger partial charge in [0.25, 0.3) is 0 Å². The standard InChI is InChI=1S/C8H19NO3S/c1-7(13(2)12)3-4-9-5-8(11)6-10/h7-11H,3-6H2,1-2H3/t7?,8-,13?/m0/s1. The van der Waals surface area contributed by atoms with Gasteiger partial charge in [-0.05, 0) is 13.0 Å². The molecule has 0 aromatic heterocycles. The fourth-order valence-electron chi connectivity index (χ4n) is 0.805. The van der Waals surface area contributed by atoms with Crippen LogP contribution in [0.2, 0.25) is 0 Å². The SMILES string of the molecule is CC(CCNC[C@H](O)CO)S(C)=O. The van der Waals surface area contributed by atoms with E-state index in [9.17, 15) is 4.21 Å². The molecule has 0 aliphatic rings. The van der Waals surface area contributed by atoms with E-state index in [1.807, 2.05) is 6.92 Å². The Kier molecular flexibility index (Phi) is 7.45. The third-order valence-corrected chi connectivity index (χ3v) is 3.25. The van der Waals surface area contributed by atoms with Gasteiger partial charge in [0.05, 0.1) is 12.7 Å². The first-order chi connectivity index (χ1) is 6.07. The molecule has 0 bridgehead atoms. The van der Waals surface area contributed by atoms with Gasteiger partial charge in [-0.15, -0.1) is 0 Å². The zero-order chi connectivity index (χ0) is 10.3. The number of aliphatic hydroxyl groups excluding tert-OH is 2. The summed E-state index contributed by atoms with van der Waals surface area (Å²) in [7, 11) is -0.778. The Balaban J connectivity index is 3.30. The van der Waals surface area contributed by atoms with Crippen molar-refractivity contribution in [1.82, 2.24) is 5.32 Å². The number of aliphatic hydroxyl groups is 2. The maximum Gasteiger partial charge on any atom is 0.0894 e. The molecule has 4 nitrogen and oxygen atoms in total. The zero-order valence-corrected chi connectivity index (χ0v) is 9.01. The highest BCUT2D eigenvalue weighted by atomic mass is 32.2. The van der Waals surface area contributed by atoms with E-state index >= 15 is 0 Å². The Labute approximate surface area is 81.8 Å². The van der Waals surface area contributed by atoms with Crippen molar-refractivity contribution in [2.45, 2.75) is 24.7 Å². The van der Waals surface area contributed by atoms with Crippen LogP contribution in [-0.2, 0) is 10.8 Å². The molecule has 0 saturated heterocycles. The first-order valence-corrected chi connectivity index (χ1v) is 6.02. The third kappa shape index (κ3) is 7.13. The predicted octanol–water partition coefficient (Wildman–Crippen LogP) is -0.914. The van der Waals surface area contributed by atoms with Crippen LogP contribution in [-0.4, -0.2) is 51.7 Å². The summed E-state index contributed by atoms with van der Waals surface area (Å²) >= 11 is 0. The largest absolute Gasteiger partial charge is 0.394 e. The summed E-state index contributed by atoms with van der Waals surface area (Å²) in [5, 5.41) is 20.6. The maximum atomic E-state index is 10.9. The molecule has 0 aliphatic heterocycles. The molecule has 0 heterocycles. The first kappa shape index (κ1) is 13.0. The number of hydrogen-bond donors (Lipinski definition) is 3. The minimum atomic E-state index is -0.778. The molecule has 0 aromatic rings. The number of hydrogen-bond acceptors (Lipinski definition) is 4. The first-order valence-electron chi connectivity index (χ1n) is 4.39. The van der Waals surface area contributed by atoms with Crippen LogP contribution in [0.5, 0.6) is 0 Å². The molecule has 0 radical (unpaired) electrons. The summed E-state index contributed by atoms with van der Waals surface area (Å²) in [6, 6.07) is 0. The van der Waals surface area contributed by atoms with Gasteiger partial charge >= 0.3 is 0 Å². The van der Waals surface area contributed by atoms with Crippen LogP contribution in [0.15, 0.2) is 0 Å². The monoisotopic (exact) mass is 209 g/mol. The van der Waals surface area contributed by atoms with Gasteiger partial charge in [-0.1, -0.05) is 6.92 Å². The van der Waals surface area contributed by atoms with Crippen molar-refractivity contribution in [2.24, 2.45) is 0 Å². The number of nitrogens with one attached hydrogen (secondary N) is 1. The molecule has 0 aliphatic carbocycles. The van der Waals surface area contributed by atoms with E-state index < -0.39 is 16.9 Å². The topological polar surface area (TPSA) is 69.6 Å². The predicted molar refractivity (Wildman–Crippen MR) is 54.1 cm³/mol. The summed E-state index contributed by atoms with van der Waals surface area (Å²) in [6.07, 6.45) is 1.82. The van der Waals surface area contributed by atoms with Crippen LogP contribution in [0.25, 0.3) is 0 Å². The van der Waals surface area contributed by atoms with E-state index in [-0.39, 0.29) is 11.9 Å². The normalized spacial score (nSPS) is 18.2. The molecule has 3 N–H and O–H groups in total. The molecule has 0 amide bonds.